The molecule has 0 unspecified atom stereocenters. The summed E-state index contributed by atoms with van der Waals surface area (Å²) in [6, 6.07) is 8.00. The van der Waals surface area contributed by atoms with E-state index in [9.17, 15) is 0 Å². The Morgan fingerprint density at radius 3 is 2.45 bits per heavy atom. The Balaban J connectivity index is 2.39. The highest BCUT2D eigenvalue weighted by Crippen LogP contribution is 2.16. The third-order valence-corrected chi connectivity index (χ3v) is 3.26. The number of nitrogens with two attached hydrogens (primary N) is 1. The molecule has 0 bridgehead atoms. The quantitative estimate of drug-likeness (QED) is 0.709. The summed E-state index contributed by atoms with van der Waals surface area (Å²) >= 11 is 0. The number of likely N-dealkylation sites (N-methyl/N-ethyl adjacent to an activating group) is 1. The van der Waals surface area contributed by atoms with Gasteiger partial charge >= 0.3 is 0 Å². The SMILES string of the molecule is CCCN(CCOc1ccccc1CN)CCN(C)C. The number of para-hydroxylation sites is 1. The molecule has 0 radical (unpaired) electrons. The lowest BCUT2D eigenvalue weighted by atomic mass is 10.2. The van der Waals surface area contributed by atoms with E-state index < -0.39 is 0 Å². The highest BCUT2D eigenvalue weighted by atomic mass is 16.5. The normalized spacial score (nSPS) is 11.3. The highest BCUT2D eigenvalue weighted by molar-refractivity contribution is 5.32. The van der Waals surface area contributed by atoms with Crippen molar-refractivity contribution in [2.75, 3.05) is 46.9 Å². The molecule has 0 atom stereocenters. The smallest absolute Gasteiger partial charge is 0.123 e. The van der Waals surface area contributed by atoms with Crippen LogP contribution in [0, 0.1) is 0 Å². The zero-order valence-electron chi connectivity index (χ0n) is 13.1. The first-order valence-corrected chi connectivity index (χ1v) is 7.45. The molecule has 4 heteroatoms. The summed E-state index contributed by atoms with van der Waals surface area (Å²) in [6.45, 7) is 7.70. The predicted molar refractivity (Wildman–Crippen MR) is 85.1 cm³/mol. The molecular formula is C16H29N3O. The van der Waals surface area contributed by atoms with Gasteiger partial charge in [0.1, 0.15) is 12.4 Å². The average Bonchev–Trinajstić information content (AvgIpc) is 2.45. The monoisotopic (exact) mass is 279 g/mol. The van der Waals surface area contributed by atoms with Gasteiger partial charge in [-0.3, -0.25) is 4.90 Å². The Morgan fingerprint density at radius 2 is 1.80 bits per heavy atom. The molecule has 114 valence electrons. The van der Waals surface area contributed by atoms with Crippen molar-refractivity contribution < 1.29 is 4.74 Å². The number of benzene rings is 1. The fourth-order valence-corrected chi connectivity index (χ4v) is 2.09. The second-order valence-electron chi connectivity index (χ2n) is 5.31. The van der Waals surface area contributed by atoms with Crippen LogP contribution in [0.4, 0.5) is 0 Å². The van der Waals surface area contributed by atoms with Crippen LogP contribution in [-0.2, 0) is 6.54 Å². The Morgan fingerprint density at radius 1 is 1.05 bits per heavy atom. The molecule has 0 spiro atoms. The van der Waals surface area contributed by atoms with Gasteiger partial charge < -0.3 is 15.4 Å². The Bertz CT molecular complexity index is 368. The number of rotatable bonds is 10. The fourth-order valence-electron chi connectivity index (χ4n) is 2.09. The molecule has 0 saturated heterocycles. The molecule has 0 aromatic heterocycles. The van der Waals surface area contributed by atoms with E-state index in [0.29, 0.717) is 13.2 Å². The maximum atomic E-state index is 5.88. The molecule has 1 aromatic rings. The molecular weight excluding hydrogens is 250 g/mol. The van der Waals surface area contributed by atoms with Crippen molar-refractivity contribution in [1.82, 2.24) is 9.80 Å². The van der Waals surface area contributed by atoms with Crippen LogP contribution in [0.25, 0.3) is 0 Å². The van der Waals surface area contributed by atoms with E-state index in [1.165, 1.54) is 6.42 Å². The van der Waals surface area contributed by atoms with E-state index in [-0.39, 0.29) is 0 Å². The van der Waals surface area contributed by atoms with Crippen molar-refractivity contribution in [2.24, 2.45) is 5.73 Å². The molecule has 0 fully saturated rings. The van der Waals surface area contributed by atoms with Crippen molar-refractivity contribution in [3.63, 3.8) is 0 Å². The molecule has 0 saturated carbocycles. The Labute approximate surface area is 123 Å². The van der Waals surface area contributed by atoms with Gasteiger partial charge in [-0.1, -0.05) is 25.1 Å². The summed E-state index contributed by atoms with van der Waals surface area (Å²) in [7, 11) is 4.22. The minimum absolute atomic E-state index is 0.523. The van der Waals surface area contributed by atoms with E-state index in [1.807, 2.05) is 24.3 Å². The van der Waals surface area contributed by atoms with E-state index in [4.69, 9.17) is 10.5 Å². The van der Waals surface area contributed by atoms with Gasteiger partial charge in [0.25, 0.3) is 0 Å². The van der Waals surface area contributed by atoms with Crippen molar-refractivity contribution in [2.45, 2.75) is 19.9 Å². The maximum absolute atomic E-state index is 5.88. The number of hydrogen-bond donors (Lipinski definition) is 1. The second-order valence-corrected chi connectivity index (χ2v) is 5.31. The topological polar surface area (TPSA) is 41.7 Å². The van der Waals surface area contributed by atoms with Crippen LogP contribution < -0.4 is 10.5 Å². The van der Waals surface area contributed by atoms with Crippen LogP contribution in [0.3, 0.4) is 0 Å². The van der Waals surface area contributed by atoms with Crippen molar-refractivity contribution in [3.8, 4) is 5.75 Å². The minimum Gasteiger partial charge on any atom is -0.492 e. The average molecular weight is 279 g/mol. The van der Waals surface area contributed by atoms with Gasteiger partial charge in [0, 0.05) is 31.7 Å². The molecule has 20 heavy (non-hydrogen) atoms. The van der Waals surface area contributed by atoms with Crippen LogP contribution >= 0.6 is 0 Å². The third kappa shape index (κ3) is 6.37. The number of hydrogen-bond acceptors (Lipinski definition) is 4. The van der Waals surface area contributed by atoms with Gasteiger partial charge in [-0.2, -0.15) is 0 Å². The van der Waals surface area contributed by atoms with Gasteiger partial charge in [0.15, 0.2) is 0 Å². The zero-order valence-corrected chi connectivity index (χ0v) is 13.1. The van der Waals surface area contributed by atoms with Crippen LogP contribution in [0.5, 0.6) is 5.75 Å². The van der Waals surface area contributed by atoms with Gasteiger partial charge in [-0.15, -0.1) is 0 Å². The summed E-state index contributed by atoms with van der Waals surface area (Å²) < 4.78 is 5.88. The van der Waals surface area contributed by atoms with Crippen molar-refractivity contribution >= 4 is 0 Å². The first kappa shape index (κ1) is 17.0. The predicted octanol–water partition coefficient (Wildman–Crippen LogP) is 1.80. The molecule has 0 aliphatic heterocycles. The Hall–Kier alpha value is -1.10. The van der Waals surface area contributed by atoms with Gasteiger partial charge in [-0.25, -0.2) is 0 Å². The van der Waals surface area contributed by atoms with Crippen molar-refractivity contribution in [3.05, 3.63) is 29.8 Å². The van der Waals surface area contributed by atoms with E-state index in [0.717, 1.165) is 37.5 Å². The lowest BCUT2D eigenvalue weighted by molar-refractivity contribution is 0.193. The molecule has 0 aliphatic carbocycles. The largest absolute Gasteiger partial charge is 0.492 e. The van der Waals surface area contributed by atoms with E-state index >= 15 is 0 Å². The Kier molecular flexibility index (Phi) is 8.26. The highest BCUT2D eigenvalue weighted by Gasteiger charge is 2.06. The molecule has 1 aromatic carbocycles. The molecule has 2 N–H and O–H groups in total. The maximum Gasteiger partial charge on any atom is 0.123 e. The van der Waals surface area contributed by atoms with Crippen LogP contribution in [0.1, 0.15) is 18.9 Å². The molecule has 0 amide bonds. The molecule has 1 rings (SSSR count). The lowest BCUT2D eigenvalue weighted by Crippen LogP contribution is -2.35. The number of ether oxygens (including phenoxy) is 1. The van der Waals surface area contributed by atoms with E-state index in [1.54, 1.807) is 0 Å². The molecule has 0 aliphatic rings. The second kappa shape index (κ2) is 9.75. The minimum atomic E-state index is 0.523. The molecule has 4 nitrogen and oxygen atoms in total. The molecule has 0 heterocycles. The number of nitrogens with zero attached hydrogens (tertiary/aromatic N) is 2. The van der Waals surface area contributed by atoms with Crippen LogP contribution in [0.2, 0.25) is 0 Å². The standard InChI is InChI=1S/C16H29N3O/c1-4-9-19(11-10-18(2)3)12-13-20-16-8-6-5-7-15(16)14-17/h5-8H,4,9-14,17H2,1-3H3. The summed E-state index contributed by atoms with van der Waals surface area (Å²) in [5.74, 6) is 0.916. The third-order valence-electron chi connectivity index (χ3n) is 3.26. The fraction of sp³-hybridized carbons (Fsp3) is 0.625. The lowest BCUT2D eigenvalue weighted by Gasteiger charge is -2.23. The summed E-state index contributed by atoms with van der Waals surface area (Å²) in [5, 5.41) is 0. The first-order chi connectivity index (χ1) is 9.67. The van der Waals surface area contributed by atoms with Gasteiger partial charge in [-0.05, 0) is 33.1 Å². The summed E-state index contributed by atoms with van der Waals surface area (Å²) in [6.07, 6.45) is 1.17. The first-order valence-electron chi connectivity index (χ1n) is 7.45. The zero-order chi connectivity index (χ0) is 14.8. The van der Waals surface area contributed by atoms with Crippen molar-refractivity contribution in [1.29, 1.82) is 0 Å². The van der Waals surface area contributed by atoms with Gasteiger partial charge in [0.05, 0.1) is 0 Å². The summed E-state index contributed by atoms with van der Waals surface area (Å²) in [4.78, 5) is 4.66. The van der Waals surface area contributed by atoms with Gasteiger partial charge in [0.2, 0.25) is 0 Å². The van der Waals surface area contributed by atoms with E-state index in [2.05, 4.69) is 30.8 Å². The summed E-state index contributed by atoms with van der Waals surface area (Å²) in [5.41, 5.74) is 6.79. The van der Waals surface area contributed by atoms with Crippen LogP contribution in [-0.4, -0.2) is 56.7 Å². The van der Waals surface area contributed by atoms with Crippen LogP contribution in [0.15, 0.2) is 24.3 Å².